The van der Waals surface area contributed by atoms with Gasteiger partial charge in [0.1, 0.15) is 0 Å². The van der Waals surface area contributed by atoms with E-state index in [2.05, 4.69) is 15.2 Å². The van der Waals surface area contributed by atoms with Gasteiger partial charge >= 0.3 is 0 Å². The lowest BCUT2D eigenvalue weighted by Gasteiger charge is -2.25. The van der Waals surface area contributed by atoms with Crippen molar-refractivity contribution in [2.75, 3.05) is 7.05 Å². The van der Waals surface area contributed by atoms with Crippen molar-refractivity contribution in [1.82, 2.24) is 19.9 Å². The molecular weight excluding hydrogens is 192 g/mol. The van der Waals surface area contributed by atoms with Crippen LogP contribution in [0, 0.1) is 0 Å². The average Bonchev–Trinajstić information content (AvgIpc) is 2.75. The van der Waals surface area contributed by atoms with Gasteiger partial charge in [0.15, 0.2) is 0 Å². The maximum absolute atomic E-state index is 9.76. The summed E-state index contributed by atoms with van der Waals surface area (Å²) in [4.78, 5) is 2.17. The van der Waals surface area contributed by atoms with E-state index in [-0.39, 0.29) is 12.1 Å². The Kier molecular flexibility index (Phi) is 3.02. The van der Waals surface area contributed by atoms with Crippen LogP contribution in [-0.4, -0.2) is 44.2 Å². The van der Waals surface area contributed by atoms with Crippen LogP contribution in [0.25, 0.3) is 0 Å². The fourth-order valence-electron chi connectivity index (χ4n) is 2.28. The van der Waals surface area contributed by atoms with Crippen molar-refractivity contribution in [2.45, 2.75) is 38.0 Å². The molecule has 1 fully saturated rings. The zero-order valence-electron chi connectivity index (χ0n) is 9.30. The van der Waals surface area contributed by atoms with Crippen molar-refractivity contribution in [1.29, 1.82) is 0 Å². The van der Waals surface area contributed by atoms with Gasteiger partial charge in [-0.25, -0.2) is 0 Å². The Morgan fingerprint density at radius 2 is 2.40 bits per heavy atom. The van der Waals surface area contributed by atoms with Crippen LogP contribution in [0.2, 0.25) is 0 Å². The number of nitrogens with zero attached hydrogens (tertiary/aromatic N) is 4. The van der Waals surface area contributed by atoms with Crippen LogP contribution in [-0.2, 0) is 13.6 Å². The molecule has 0 spiro atoms. The fraction of sp³-hybridized carbons (Fsp3) is 0.800. The molecule has 1 saturated carbocycles. The molecule has 1 aromatic heterocycles. The molecule has 1 aliphatic rings. The van der Waals surface area contributed by atoms with E-state index in [1.807, 2.05) is 20.3 Å². The van der Waals surface area contributed by atoms with Crippen LogP contribution in [0.4, 0.5) is 0 Å². The van der Waals surface area contributed by atoms with Gasteiger partial charge in [0.05, 0.1) is 11.8 Å². The molecule has 0 radical (unpaired) electrons. The molecule has 1 heterocycles. The second-order valence-electron chi connectivity index (χ2n) is 4.36. The van der Waals surface area contributed by atoms with Gasteiger partial charge in [0.25, 0.3) is 0 Å². The van der Waals surface area contributed by atoms with Crippen molar-refractivity contribution in [2.24, 2.45) is 7.05 Å². The maximum Gasteiger partial charge on any atom is 0.0967 e. The maximum atomic E-state index is 9.76. The quantitative estimate of drug-likeness (QED) is 0.772. The third kappa shape index (κ3) is 2.35. The molecule has 0 unspecified atom stereocenters. The summed E-state index contributed by atoms with van der Waals surface area (Å²) in [5.41, 5.74) is 0.958. The van der Waals surface area contributed by atoms with Gasteiger partial charge in [-0.15, -0.1) is 5.10 Å². The lowest BCUT2D eigenvalue weighted by molar-refractivity contribution is 0.0818. The first-order valence-electron chi connectivity index (χ1n) is 5.40. The van der Waals surface area contributed by atoms with Crippen LogP contribution in [0.15, 0.2) is 6.20 Å². The van der Waals surface area contributed by atoms with Crippen molar-refractivity contribution in [3.05, 3.63) is 11.9 Å². The van der Waals surface area contributed by atoms with Crippen LogP contribution < -0.4 is 0 Å². The van der Waals surface area contributed by atoms with E-state index < -0.39 is 0 Å². The summed E-state index contributed by atoms with van der Waals surface area (Å²) in [6, 6.07) is 0.284. The normalized spacial score (nSPS) is 26.4. The highest BCUT2D eigenvalue weighted by Gasteiger charge is 2.28. The minimum Gasteiger partial charge on any atom is -0.391 e. The molecule has 0 saturated heterocycles. The van der Waals surface area contributed by atoms with Crippen LogP contribution in [0.5, 0.6) is 0 Å². The van der Waals surface area contributed by atoms with E-state index in [0.29, 0.717) is 0 Å². The Balaban J connectivity index is 1.94. The fourth-order valence-corrected chi connectivity index (χ4v) is 2.28. The van der Waals surface area contributed by atoms with Crippen molar-refractivity contribution in [3.63, 3.8) is 0 Å². The van der Waals surface area contributed by atoms with Crippen molar-refractivity contribution < 1.29 is 5.11 Å². The van der Waals surface area contributed by atoms with E-state index >= 15 is 0 Å². The van der Waals surface area contributed by atoms with E-state index in [1.54, 1.807) is 4.68 Å². The van der Waals surface area contributed by atoms with Crippen LogP contribution in [0.1, 0.15) is 25.0 Å². The van der Waals surface area contributed by atoms with E-state index in [0.717, 1.165) is 31.5 Å². The number of hydrogen-bond donors (Lipinski definition) is 1. The van der Waals surface area contributed by atoms with Gasteiger partial charge in [-0.05, 0) is 26.3 Å². The van der Waals surface area contributed by atoms with E-state index in [9.17, 15) is 5.11 Å². The monoisotopic (exact) mass is 210 g/mol. The second kappa shape index (κ2) is 4.28. The molecule has 1 N–H and O–H groups in total. The minimum atomic E-state index is -0.174. The third-order valence-electron chi connectivity index (χ3n) is 3.07. The Labute approximate surface area is 89.7 Å². The molecule has 1 aliphatic carbocycles. The number of aliphatic hydroxyl groups is 1. The first-order valence-corrected chi connectivity index (χ1v) is 5.40. The van der Waals surface area contributed by atoms with Crippen molar-refractivity contribution >= 4 is 0 Å². The topological polar surface area (TPSA) is 54.2 Å². The zero-order chi connectivity index (χ0) is 10.8. The van der Waals surface area contributed by atoms with Gasteiger partial charge in [-0.2, -0.15) is 0 Å². The highest BCUT2D eigenvalue weighted by atomic mass is 16.3. The van der Waals surface area contributed by atoms with Gasteiger partial charge in [-0.1, -0.05) is 5.21 Å². The first-order chi connectivity index (χ1) is 7.16. The predicted molar refractivity (Wildman–Crippen MR) is 56.1 cm³/mol. The van der Waals surface area contributed by atoms with Gasteiger partial charge in [0.2, 0.25) is 0 Å². The number of aliphatic hydroxyl groups excluding tert-OH is 1. The van der Waals surface area contributed by atoms with Crippen LogP contribution >= 0.6 is 0 Å². The summed E-state index contributed by atoms with van der Waals surface area (Å²) in [6.45, 7) is 0.759. The lowest BCUT2D eigenvalue weighted by Crippen LogP contribution is -2.37. The number of aromatic nitrogens is 3. The standard InChI is InChI=1S/C10H18N4O/c1-13(9-4-3-5-10(9)15)6-8-7-14(2)12-11-8/h7,9-10,15H,3-6H2,1-2H3/t9-,10-/m1/s1. The number of aryl methyl sites for hydroxylation is 1. The van der Waals surface area contributed by atoms with Gasteiger partial charge in [-0.3, -0.25) is 9.58 Å². The summed E-state index contributed by atoms with van der Waals surface area (Å²) < 4.78 is 1.70. The minimum absolute atomic E-state index is 0.174. The summed E-state index contributed by atoms with van der Waals surface area (Å²) in [6.07, 6.45) is 4.87. The molecule has 2 rings (SSSR count). The second-order valence-corrected chi connectivity index (χ2v) is 4.36. The molecular formula is C10H18N4O. The van der Waals surface area contributed by atoms with E-state index in [1.165, 1.54) is 0 Å². The molecule has 0 amide bonds. The highest BCUT2D eigenvalue weighted by Crippen LogP contribution is 2.23. The third-order valence-corrected chi connectivity index (χ3v) is 3.07. The molecule has 15 heavy (non-hydrogen) atoms. The number of hydrogen-bond acceptors (Lipinski definition) is 4. The van der Waals surface area contributed by atoms with Crippen LogP contribution in [0.3, 0.4) is 0 Å². The summed E-state index contributed by atoms with van der Waals surface area (Å²) >= 11 is 0. The predicted octanol–water partition coefficient (Wildman–Crippen LogP) is 0.160. The number of likely N-dealkylation sites (N-methyl/N-ethyl adjacent to an activating group) is 1. The average molecular weight is 210 g/mol. The largest absolute Gasteiger partial charge is 0.391 e. The Morgan fingerprint density at radius 3 is 2.93 bits per heavy atom. The molecule has 1 aromatic rings. The molecule has 84 valence electrons. The van der Waals surface area contributed by atoms with Gasteiger partial charge in [0, 0.05) is 25.8 Å². The lowest BCUT2D eigenvalue weighted by atomic mass is 10.2. The van der Waals surface area contributed by atoms with Crippen molar-refractivity contribution in [3.8, 4) is 0 Å². The molecule has 5 heteroatoms. The molecule has 0 bridgehead atoms. The summed E-state index contributed by atoms with van der Waals surface area (Å²) in [5, 5.41) is 17.7. The summed E-state index contributed by atoms with van der Waals surface area (Å²) in [5.74, 6) is 0. The Bertz CT molecular complexity index is 325. The zero-order valence-corrected chi connectivity index (χ0v) is 9.30. The summed E-state index contributed by atoms with van der Waals surface area (Å²) in [7, 11) is 3.90. The Morgan fingerprint density at radius 1 is 1.60 bits per heavy atom. The smallest absolute Gasteiger partial charge is 0.0967 e. The molecule has 0 aliphatic heterocycles. The molecule has 5 nitrogen and oxygen atoms in total. The van der Waals surface area contributed by atoms with Gasteiger partial charge < -0.3 is 5.11 Å². The molecule has 2 atom stereocenters. The SMILES string of the molecule is CN(Cc1cn(C)nn1)[C@@H]1CCC[C@H]1O. The Hall–Kier alpha value is -0.940. The first kappa shape index (κ1) is 10.6. The highest BCUT2D eigenvalue weighted by molar-refractivity contribution is 4.94. The van der Waals surface area contributed by atoms with E-state index in [4.69, 9.17) is 0 Å². The molecule has 0 aromatic carbocycles. The number of rotatable bonds is 3.